The molecule has 0 fully saturated rings. The third-order valence-electron chi connectivity index (χ3n) is 2.50. The molecule has 20 heavy (non-hydrogen) atoms. The van der Waals surface area contributed by atoms with Crippen molar-refractivity contribution in [2.24, 2.45) is 0 Å². The van der Waals surface area contributed by atoms with Gasteiger partial charge in [-0.05, 0) is 25.1 Å². The van der Waals surface area contributed by atoms with Gasteiger partial charge in [-0.25, -0.2) is 17.5 Å². The van der Waals surface area contributed by atoms with Crippen LogP contribution in [0, 0.1) is 12.7 Å². The van der Waals surface area contributed by atoms with Gasteiger partial charge in [-0.15, -0.1) is 0 Å². The highest BCUT2D eigenvalue weighted by Crippen LogP contribution is 2.16. The van der Waals surface area contributed by atoms with Crippen molar-refractivity contribution in [2.45, 2.75) is 19.2 Å². The molecule has 5 nitrogen and oxygen atoms in total. The van der Waals surface area contributed by atoms with Crippen molar-refractivity contribution in [1.29, 1.82) is 0 Å². The van der Waals surface area contributed by atoms with Gasteiger partial charge < -0.3 is 4.52 Å². The van der Waals surface area contributed by atoms with E-state index in [1.807, 2.05) is 0 Å². The fourth-order valence-corrected chi connectivity index (χ4v) is 3.01. The minimum atomic E-state index is -3.60. The van der Waals surface area contributed by atoms with Gasteiger partial charge in [-0.2, -0.15) is 0 Å². The van der Waals surface area contributed by atoms with Crippen LogP contribution in [0.3, 0.4) is 0 Å². The molecule has 2 aromatic rings. The quantitative estimate of drug-likeness (QED) is 0.886. The summed E-state index contributed by atoms with van der Waals surface area (Å²) in [7, 11) is -3.60. The highest BCUT2D eigenvalue weighted by Gasteiger charge is 2.15. The van der Waals surface area contributed by atoms with Gasteiger partial charge in [0.25, 0.3) is 0 Å². The molecule has 0 saturated carbocycles. The predicted octanol–water partition coefficient (Wildman–Crippen LogP) is 2.50. The normalized spacial score (nSPS) is 11.8. The van der Waals surface area contributed by atoms with Gasteiger partial charge in [0.15, 0.2) is 0 Å². The Morgan fingerprint density at radius 1 is 1.40 bits per heavy atom. The van der Waals surface area contributed by atoms with Crippen LogP contribution in [0.5, 0.6) is 0 Å². The predicted molar refractivity (Wildman–Crippen MR) is 74.8 cm³/mol. The first-order valence-electron chi connectivity index (χ1n) is 5.69. The van der Waals surface area contributed by atoms with E-state index >= 15 is 0 Å². The maximum atomic E-state index is 13.5. The van der Waals surface area contributed by atoms with Gasteiger partial charge in [0.05, 0.1) is 0 Å². The van der Waals surface area contributed by atoms with E-state index in [-0.39, 0.29) is 17.9 Å². The maximum absolute atomic E-state index is 13.5. The zero-order chi connectivity index (χ0) is 14.8. The smallest absolute Gasteiger partial charge is 0.217 e. The molecule has 1 aromatic heterocycles. The van der Waals surface area contributed by atoms with E-state index < -0.39 is 15.8 Å². The van der Waals surface area contributed by atoms with Crippen LogP contribution < -0.4 is 4.72 Å². The molecular formula is C12H12BrFN2O3S. The number of rotatable bonds is 5. The summed E-state index contributed by atoms with van der Waals surface area (Å²) in [6.45, 7) is 1.55. The van der Waals surface area contributed by atoms with Crippen molar-refractivity contribution in [3.63, 3.8) is 0 Å². The molecule has 108 valence electrons. The van der Waals surface area contributed by atoms with E-state index in [0.29, 0.717) is 15.9 Å². The first-order valence-corrected chi connectivity index (χ1v) is 8.14. The molecule has 1 N–H and O–H groups in total. The molecule has 0 aliphatic heterocycles. The number of hydrogen-bond acceptors (Lipinski definition) is 4. The molecule has 0 bridgehead atoms. The summed E-state index contributed by atoms with van der Waals surface area (Å²) in [6.07, 6.45) is 0. The summed E-state index contributed by atoms with van der Waals surface area (Å²) in [5.41, 5.74) is 0.573. The molecule has 0 spiro atoms. The van der Waals surface area contributed by atoms with Crippen molar-refractivity contribution in [3.05, 3.63) is 51.6 Å². The Kier molecular flexibility index (Phi) is 4.56. The zero-order valence-electron chi connectivity index (χ0n) is 10.6. The monoisotopic (exact) mass is 362 g/mol. The molecule has 0 radical (unpaired) electrons. The van der Waals surface area contributed by atoms with Crippen LogP contribution in [0.25, 0.3) is 0 Å². The average molecular weight is 363 g/mol. The van der Waals surface area contributed by atoms with Crippen LogP contribution in [-0.4, -0.2) is 13.6 Å². The summed E-state index contributed by atoms with van der Waals surface area (Å²) in [5.74, 6) is -0.235. The fraction of sp³-hybridized carbons (Fsp3) is 0.250. The van der Waals surface area contributed by atoms with Gasteiger partial charge in [0, 0.05) is 22.6 Å². The van der Waals surface area contributed by atoms with Crippen LogP contribution in [0.15, 0.2) is 33.3 Å². The van der Waals surface area contributed by atoms with Crippen LogP contribution in [0.2, 0.25) is 0 Å². The third kappa shape index (κ3) is 4.12. The van der Waals surface area contributed by atoms with E-state index in [4.69, 9.17) is 4.52 Å². The molecular weight excluding hydrogens is 351 g/mol. The number of benzene rings is 1. The second kappa shape index (κ2) is 6.02. The Morgan fingerprint density at radius 3 is 2.80 bits per heavy atom. The summed E-state index contributed by atoms with van der Waals surface area (Å²) < 4.78 is 45.0. The third-order valence-corrected chi connectivity index (χ3v) is 4.26. The van der Waals surface area contributed by atoms with Crippen molar-refractivity contribution >= 4 is 26.0 Å². The zero-order valence-corrected chi connectivity index (χ0v) is 13.0. The van der Waals surface area contributed by atoms with E-state index in [0.717, 1.165) is 0 Å². The molecule has 1 aromatic carbocycles. The van der Waals surface area contributed by atoms with E-state index in [1.54, 1.807) is 19.1 Å². The first kappa shape index (κ1) is 15.1. The summed E-state index contributed by atoms with van der Waals surface area (Å²) >= 11 is 3.21. The SMILES string of the molecule is Cc1cc(CS(=O)(=O)NCc2cc(Br)ccc2F)no1. The summed E-state index contributed by atoms with van der Waals surface area (Å²) in [5, 5.41) is 3.61. The first-order chi connectivity index (χ1) is 9.35. The van der Waals surface area contributed by atoms with Gasteiger partial charge in [-0.3, -0.25) is 0 Å². The molecule has 2 rings (SSSR count). The number of hydrogen-bond donors (Lipinski definition) is 1. The molecule has 0 amide bonds. The second-order valence-corrected chi connectivity index (χ2v) is 6.97. The second-order valence-electron chi connectivity index (χ2n) is 4.24. The minimum Gasteiger partial charge on any atom is -0.361 e. The number of aryl methyl sites for hydroxylation is 1. The molecule has 0 saturated heterocycles. The van der Waals surface area contributed by atoms with Crippen LogP contribution in [-0.2, 0) is 22.3 Å². The molecule has 0 aliphatic rings. The lowest BCUT2D eigenvalue weighted by molar-refractivity contribution is 0.392. The van der Waals surface area contributed by atoms with Crippen molar-refractivity contribution in [1.82, 2.24) is 9.88 Å². The Labute approximate surface area is 124 Å². The number of aromatic nitrogens is 1. The number of sulfonamides is 1. The summed E-state index contributed by atoms with van der Waals surface area (Å²) in [4.78, 5) is 0. The Hall–Kier alpha value is -1.25. The van der Waals surface area contributed by atoms with Crippen LogP contribution in [0.1, 0.15) is 17.0 Å². The number of halogens is 2. The van der Waals surface area contributed by atoms with Crippen LogP contribution >= 0.6 is 15.9 Å². The molecule has 0 unspecified atom stereocenters. The Morgan fingerprint density at radius 2 is 2.15 bits per heavy atom. The average Bonchev–Trinajstić information content (AvgIpc) is 2.75. The standard InChI is InChI=1S/C12H12BrFN2O3S/c1-8-4-11(16-19-8)7-20(17,18)15-6-9-5-10(13)2-3-12(9)14/h2-5,15H,6-7H2,1H3. The lowest BCUT2D eigenvalue weighted by Gasteiger charge is -2.06. The van der Waals surface area contributed by atoms with Crippen molar-refractivity contribution < 1.29 is 17.3 Å². The van der Waals surface area contributed by atoms with E-state index in [2.05, 4.69) is 25.8 Å². The number of nitrogens with one attached hydrogen (secondary N) is 1. The molecule has 8 heteroatoms. The van der Waals surface area contributed by atoms with E-state index in [1.165, 1.54) is 12.1 Å². The summed E-state index contributed by atoms with van der Waals surface area (Å²) in [6, 6.07) is 5.89. The lowest BCUT2D eigenvalue weighted by atomic mass is 10.2. The molecule has 0 aliphatic carbocycles. The van der Waals surface area contributed by atoms with Crippen molar-refractivity contribution in [3.8, 4) is 0 Å². The Bertz CT molecular complexity index is 715. The number of nitrogens with zero attached hydrogens (tertiary/aromatic N) is 1. The van der Waals surface area contributed by atoms with Gasteiger partial charge in [0.2, 0.25) is 10.0 Å². The highest BCUT2D eigenvalue weighted by molar-refractivity contribution is 9.10. The lowest BCUT2D eigenvalue weighted by Crippen LogP contribution is -2.25. The minimum absolute atomic E-state index is 0.121. The van der Waals surface area contributed by atoms with Gasteiger partial charge in [0.1, 0.15) is 23.0 Å². The van der Waals surface area contributed by atoms with Gasteiger partial charge in [-0.1, -0.05) is 21.1 Å². The Balaban J connectivity index is 2.03. The highest BCUT2D eigenvalue weighted by atomic mass is 79.9. The van der Waals surface area contributed by atoms with Crippen molar-refractivity contribution in [2.75, 3.05) is 0 Å². The molecule has 1 heterocycles. The van der Waals surface area contributed by atoms with Crippen LogP contribution in [0.4, 0.5) is 4.39 Å². The molecule has 0 atom stereocenters. The van der Waals surface area contributed by atoms with Gasteiger partial charge >= 0.3 is 0 Å². The topological polar surface area (TPSA) is 72.2 Å². The fourth-order valence-electron chi connectivity index (χ4n) is 1.60. The largest absolute Gasteiger partial charge is 0.361 e. The maximum Gasteiger partial charge on any atom is 0.217 e. The van der Waals surface area contributed by atoms with E-state index in [9.17, 15) is 12.8 Å².